The average Bonchev–Trinajstić information content (AvgIpc) is 2.53. The Balaban J connectivity index is 1.91. The van der Waals surface area contributed by atoms with Crippen molar-refractivity contribution in [3.63, 3.8) is 0 Å². The summed E-state index contributed by atoms with van der Waals surface area (Å²) < 4.78 is 6.73. The number of benzene rings is 1. The van der Waals surface area contributed by atoms with Crippen LogP contribution in [0, 0.1) is 5.92 Å². The van der Waals surface area contributed by atoms with Crippen LogP contribution in [0.1, 0.15) is 24.4 Å². The SMILES string of the molecule is Clc1ccc(Br)c([C@H](C2CCOCC2)N2CCNCC2)c1. The van der Waals surface area contributed by atoms with E-state index >= 15 is 0 Å². The summed E-state index contributed by atoms with van der Waals surface area (Å²) in [5.41, 5.74) is 1.33. The van der Waals surface area contributed by atoms with E-state index in [0.717, 1.165) is 57.3 Å². The molecule has 2 saturated heterocycles. The third kappa shape index (κ3) is 3.80. The van der Waals surface area contributed by atoms with Gasteiger partial charge in [-0.1, -0.05) is 27.5 Å². The molecule has 0 unspecified atom stereocenters. The third-order valence-electron chi connectivity index (χ3n) is 4.53. The van der Waals surface area contributed by atoms with Crippen LogP contribution >= 0.6 is 27.5 Å². The van der Waals surface area contributed by atoms with Crippen molar-refractivity contribution in [1.29, 1.82) is 0 Å². The Labute approximate surface area is 140 Å². The maximum atomic E-state index is 6.26. The second-order valence-electron chi connectivity index (χ2n) is 5.85. The maximum Gasteiger partial charge on any atom is 0.0469 e. The van der Waals surface area contributed by atoms with Crippen LogP contribution in [-0.2, 0) is 4.74 Å². The Morgan fingerprint density at radius 2 is 1.95 bits per heavy atom. The minimum Gasteiger partial charge on any atom is -0.381 e. The predicted octanol–water partition coefficient (Wildman–Crippen LogP) is 3.48. The number of piperazine rings is 1. The molecular formula is C16H22BrClN2O. The molecule has 1 atom stereocenters. The van der Waals surface area contributed by atoms with Crippen molar-refractivity contribution in [2.75, 3.05) is 39.4 Å². The number of hydrogen-bond acceptors (Lipinski definition) is 3. The number of nitrogens with zero attached hydrogens (tertiary/aromatic N) is 1. The molecule has 2 heterocycles. The summed E-state index contributed by atoms with van der Waals surface area (Å²) in [6.07, 6.45) is 2.26. The molecule has 1 N–H and O–H groups in total. The molecule has 1 aromatic carbocycles. The maximum absolute atomic E-state index is 6.26. The van der Waals surface area contributed by atoms with Crippen LogP contribution in [0.4, 0.5) is 0 Å². The van der Waals surface area contributed by atoms with Crippen molar-refractivity contribution >= 4 is 27.5 Å². The molecule has 0 spiro atoms. The Kier molecular flexibility index (Phi) is 5.57. The highest BCUT2D eigenvalue weighted by atomic mass is 79.9. The second kappa shape index (κ2) is 7.42. The zero-order valence-corrected chi connectivity index (χ0v) is 14.5. The van der Waals surface area contributed by atoms with Gasteiger partial charge < -0.3 is 10.1 Å². The second-order valence-corrected chi connectivity index (χ2v) is 7.14. The van der Waals surface area contributed by atoms with Crippen LogP contribution in [0.3, 0.4) is 0 Å². The molecule has 0 amide bonds. The van der Waals surface area contributed by atoms with Gasteiger partial charge in [-0.2, -0.15) is 0 Å². The lowest BCUT2D eigenvalue weighted by atomic mass is 9.85. The normalized spacial score (nSPS) is 23.1. The monoisotopic (exact) mass is 372 g/mol. The Hall–Kier alpha value is -0.130. The summed E-state index contributed by atoms with van der Waals surface area (Å²) in [5, 5.41) is 4.27. The van der Waals surface area contributed by atoms with E-state index in [-0.39, 0.29) is 0 Å². The summed E-state index contributed by atoms with van der Waals surface area (Å²) in [7, 11) is 0. The van der Waals surface area contributed by atoms with Gasteiger partial charge in [-0.05, 0) is 42.5 Å². The Morgan fingerprint density at radius 1 is 1.24 bits per heavy atom. The lowest BCUT2D eigenvalue weighted by molar-refractivity contribution is 0.0211. The molecule has 2 aliphatic rings. The standard InChI is InChI=1S/C16H22BrClN2O/c17-15-2-1-13(18)11-14(15)16(12-3-9-21-10-4-12)20-7-5-19-6-8-20/h1-2,11-12,16,19H,3-10H2/t16-/m0/s1. The molecule has 21 heavy (non-hydrogen) atoms. The van der Waals surface area contributed by atoms with E-state index in [1.165, 1.54) is 10.0 Å². The van der Waals surface area contributed by atoms with E-state index in [1.54, 1.807) is 0 Å². The summed E-state index contributed by atoms with van der Waals surface area (Å²) in [6.45, 7) is 6.09. The Morgan fingerprint density at radius 3 is 2.67 bits per heavy atom. The van der Waals surface area contributed by atoms with Gasteiger partial charge >= 0.3 is 0 Å². The molecule has 0 bridgehead atoms. The minimum absolute atomic E-state index is 0.434. The highest BCUT2D eigenvalue weighted by Gasteiger charge is 2.32. The van der Waals surface area contributed by atoms with Crippen molar-refractivity contribution in [3.05, 3.63) is 33.3 Å². The molecule has 116 valence electrons. The molecule has 2 aliphatic heterocycles. The predicted molar refractivity (Wildman–Crippen MR) is 89.9 cm³/mol. The van der Waals surface area contributed by atoms with E-state index in [4.69, 9.17) is 16.3 Å². The van der Waals surface area contributed by atoms with Gasteiger partial charge in [-0.3, -0.25) is 4.90 Å². The fraction of sp³-hybridized carbons (Fsp3) is 0.625. The molecular weight excluding hydrogens is 352 g/mol. The summed E-state index contributed by atoms with van der Waals surface area (Å²) >= 11 is 9.99. The van der Waals surface area contributed by atoms with Crippen LogP contribution in [0.5, 0.6) is 0 Å². The molecule has 0 aromatic heterocycles. The summed E-state index contributed by atoms with van der Waals surface area (Å²) in [5.74, 6) is 0.645. The van der Waals surface area contributed by atoms with Gasteiger partial charge in [-0.25, -0.2) is 0 Å². The molecule has 0 radical (unpaired) electrons. The zero-order valence-electron chi connectivity index (χ0n) is 12.2. The molecule has 0 aliphatic carbocycles. The number of rotatable bonds is 3. The lowest BCUT2D eigenvalue weighted by Gasteiger charge is -2.41. The topological polar surface area (TPSA) is 24.5 Å². The van der Waals surface area contributed by atoms with Crippen molar-refractivity contribution < 1.29 is 4.74 Å². The highest BCUT2D eigenvalue weighted by molar-refractivity contribution is 9.10. The number of nitrogens with one attached hydrogen (secondary N) is 1. The van der Waals surface area contributed by atoms with E-state index < -0.39 is 0 Å². The number of ether oxygens (including phenoxy) is 1. The van der Waals surface area contributed by atoms with E-state index in [0.29, 0.717) is 12.0 Å². The van der Waals surface area contributed by atoms with Gasteiger partial charge in [0.05, 0.1) is 0 Å². The van der Waals surface area contributed by atoms with Gasteiger partial charge in [0.15, 0.2) is 0 Å². The smallest absolute Gasteiger partial charge is 0.0469 e. The van der Waals surface area contributed by atoms with Gasteiger partial charge in [0.25, 0.3) is 0 Å². The van der Waals surface area contributed by atoms with Crippen LogP contribution in [0.2, 0.25) is 5.02 Å². The average molecular weight is 374 g/mol. The van der Waals surface area contributed by atoms with E-state index in [1.807, 2.05) is 6.07 Å². The number of hydrogen-bond donors (Lipinski definition) is 1. The van der Waals surface area contributed by atoms with Gasteiger partial charge in [0, 0.05) is 54.9 Å². The molecule has 0 saturated carbocycles. The quantitative estimate of drug-likeness (QED) is 0.878. The van der Waals surface area contributed by atoms with Crippen molar-refractivity contribution in [2.45, 2.75) is 18.9 Å². The first-order valence-electron chi connectivity index (χ1n) is 7.73. The van der Waals surface area contributed by atoms with Crippen molar-refractivity contribution in [1.82, 2.24) is 10.2 Å². The van der Waals surface area contributed by atoms with Crippen LogP contribution in [-0.4, -0.2) is 44.3 Å². The summed E-state index contributed by atoms with van der Waals surface area (Å²) in [4.78, 5) is 2.61. The Bertz CT molecular complexity index is 455. The summed E-state index contributed by atoms with van der Waals surface area (Å²) in [6, 6.07) is 6.59. The van der Waals surface area contributed by atoms with Crippen molar-refractivity contribution in [3.8, 4) is 0 Å². The minimum atomic E-state index is 0.434. The molecule has 3 rings (SSSR count). The first-order chi connectivity index (χ1) is 10.3. The van der Waals surface area contributed by atoms with Crippen LogP contribution < -0.4 is 5.32 Å². The van der Waals surface area contributed by atoms with Gasteiger partial charge in [0.1, 0.15) is 0 Å². The lowest BCUT2D eigenvalue weighted by Crippen LogP contribution is -2.47. The third-order valence-corrected chi connectivity index (χ3v) is 5.49. The molecule has 1 aromatic rings. The number of halogens is 2. The molecule has 3 nitrogen and oxygen atoms in total. The molecule has 5 heteroatoms. The zero-order chi connectivity index (χ0) is 14.7. The fourth-order valence-electron chi connectivity index (χ4n) is 3.48. The first kappa shape index (κ1) is 15.8. The van der Waals surface area contributed by atoms with Gasteiger partial charge in [0.2, 0.25) is 0 Å². The van der Waals surface area contributed by atoms with E-state index in [2.05, 4.69) is 38.3 Å². The molecule has 2 fully saturated rings. The largest absolute Gasteiger partial charge is 0.381 e. The van der Waals surface area contributed by atoms with Gasteiger partial charge in [-0.15, -0.1) is 0 Å². The van der Waals surface area contributed by atoms with Crippen LogP contribution in [0.15, 0.2) is 22.7 Å². The highest BCUT2D eigenvalue weighted by Crippen LogP contribution is 2.39. The fourth-order valence-corrected chi connectivity index (χ4v) is 4.14. The van der Waals surface area contributed by atoms with Crippen molar-refractivity contribution in [2.24, 2.45) is 5.92 Å². The first-order valence-corrected chi connectivity index (χ1v) is 8.90. The van der Waals surface area contributed by atoms with Crippen LogP contribution in [0.25, 0.3) is 0 Å². The van der Waals surface area contributed by atoms with E-state index in [9.17, 15) is 0 Å².